The standard InChI is InChI=1S/C17H26N2/c18-12-6-7-14-13-19(15-8-2-1-3-9-15)17-11-5-4-10-16(14)17/h4-5,10-11,14-15H,1-3,6-9,12-13,18H2. The zero-order valence-electron chi connectivity index (χ0n) is 11.9. The van der Waals surface area contributed by atoms with Gasteiger partial charge in [-0.1, -0.05) is 37.5 Å². The van der Waals surface area contributed by atoms with E-state index in [2.05, 4.69) is 29.2 Å². The van der Waals surface area contributed by atoms with E-state index in [1.807, 2.05) is 0 Å². The van der Waals surface area contributed by atoms with Crippen molar-refractivity contribution in [2.75, 3.05) is 18.0 Å². The lowest BCUT2D eigenvalue weighted by Gasteiger charge is -2.33. The fraction of sp³-hybridized carbons (Fsp3) is 0.647. The van der Waals surface area contributed by atoms with Crippen molar-refractivity contribution in [3.05, 3.63) is 29.8 Å². The topological polar surface area (TPSA) is 29.3 Å². The van der Waals surface area contributed by atoms with Gasteiger partial charge in [-0.2, -0.15) is 0 Å². The van der Waals surface area contributed by atoms with Gasteiger partial charge >= 0.3 is 0 Å². The molecular formula is C17H26N2. The van der Waals surface area contributed by atoms with Crippen LogP contribution in [0.25, 0.3) is 0 Å². The fourth-order valence-corrected chi connectivity index (χ4v) is 3.88. The Hall–Kier alpha value is -1.02. The third-order valence-electron chi connectivity index (χ3n) is 4.88. The lowest BCUT2D eigenvalue weighted by Crippen LogP contribution is -2.36. The molecule has 1 atom stereocenters. The molecule has 0 bridgehead atoms. The highest BCUT2D eigenvalue weighted by atomic mass is 15.2. The molecule has 2 nitrogen and oxygen atoms in total. The van der Waals surface area contributed by atoms with Crippen LogP contribution in [-0.4, -0.2) is 19.1 Å². The summed E-state index contributed by atoms with van der Waals surface area (Å²) < 4.78 is 0. The van der Waals surface area contributed by atoms with Gasteiger partial charge in [-0.25, -0.2) is 0 Å². The van der Waals surface area contributed by atoms with E-state index >= 15 is 0 Å². The van der Waals surface area contributed by atoms with Crippen molar-refractivity contribution in [1.82, 2.24) is 0 Å². The molecule has 1 unspecified atom stereocenters. The molecule has 1 aromatic carbocycles. The SMILES string of the molecule is NCCCC1CN(C2CCCCC2)c2ccccc21. The van der Waals surface area contributed by atoms with Gasteiger partial charge < -0.3 is 10.6 Å². The number of hydrogen-bond donors (Lipinski definition) is 1. The van der Waals surface area contributed by atoms with Crippen LogP contribution in [0.5, 0.6) is 0 Å². The molecule has 104 valence electrons. The van der Waals surface area contributed by atoms with Crippen LogP contribution in [0.1, 0.15) is 56.4 Å². The molecule has 1 aliphatic heterocycles. The maximum Gasteiger partial charge on any atom is 0.0404 e. The predicted octanol–water partition coefficient (Wildman–Crippen LogP) is 3.66. The Labute approximate surface area is 117 Å². The molecule has 1 heterocycles. The molecule has 2 aliphatic rings. The number of rotatable bonds is 4. The Kier molecular flexibility index (Phi) is 4.07. The molecule has 0 spiro atoms. The highest BCUT2D eigenvalue weighted by Gasteiger charge is 2.32. The van der Waals surface area contributed by atoms with Crippen molar-refractivity contribution in [2.24, 2.45) is 5.73 Å². The van der Waals surface area contributed by atoms with Crippen molar-refractivity contribution in [2.45, 2.75) is 56.9 Å². The average Bonchev–Trinajstić information content (AvgIpc) is 2.85. The first kappa shape index (κ1) is 13.0. The minimum absolute atomic E-state index is 0.710. The van der Waals surface area contributed by atoms with Crippen LogP contribution in [0.15, 0.2) is 24.3 Å². The summed E-state index contributed by atoms with van der Waals surface area (Å²) in [5.41, 5.74) is 8.77. The first-order valence-corrected chi connectivity index (χ1v) is 7.96. The lowest BCUT2D eigenvalue weighted by atomic mass is 9.94. The van der Waals surface area contributed by atoms with Gasteiger partial charge in [0.2, 0.25) is 0 Å². The van der Waals surface area contributed by atoms with E-state index in [-0.39, 0.29) is 0 Å². The van der Waals surface area contributed by atoms with Gasteiger partial charge in [-0.15, -0.1) is 0 Å². The number of fused-ring (bicyclic) bond motifs is 1. The van der Waals surface area contributed by atoms with Crippen molar-refractivity contribution < 1.29 is 0 Å². The highest BCUT2D eigenvalue weighted by Crippen LogP contribution is 2.41. The van der Waals surface area contributed by atoms with Gasteiger partial charge in [-0.3, -0.25) is 0 Å². The second kappa shape index (κ2) is 5.96. The molecule has 0 radical (unpaired) electrons. The minimum atomic E-state index is 0.710. The van der Waals surface area contributed by atoms with Crippen molar-refractivity contribution >= 4 is 5.69 Å². The van der Waals surface area contributed by atoms with E-state index in [1.165, 1.54) is 50.8 Å². The molecule has 3 rings (SSSR count). The van der Waals surface area contributed by atoms with Crippen LogP contribution < -0.4 is 10.6 Å². The van der Waals surface area contributed by atoms with Crippen LogP contribution in [0, 0.1) is 0 Å². The van der Waals surface area contributed by atoms with Crippen LogP contribution in [0.2, 0.25) is 0 Å². The second-order valence-electron chi connectivity index (χ2n) is 6.13. The zero-order chi connectivity index (χ0) is 13.1. The summed E-state index contributed by atoms with van der Waals surface area (Å²) in [6.07, 6.45) is 9.43. The summed E-state index contributed by atoms with van der Waals surface area (Å²) in [6.45, 7) is 2.05. The molecule has 0 saturated heterocycles. The number of nitrogens with two attached hydrogens (primary N) is 1. The smallest absolute Gasteiger partial charge is 0.0404 e. The van der Waals surface area contributed by atoms with Crippen molar-refractivity contribution in [1.29, 1.82) is 0 Å². The van der Waals surface area contributed by atoms with Crippen LogP contribution in [-0.2, 0) is 0 Å². The number of nitrogens with zero attached hydrogens (tertiary/aromatic N) is 1. The van der Waals surface area contributed by atoms with Gasteiger partial charge in [-0.05, 0) is 43.9 Å². The number of hydrogen-bond acceptors (Lipinski definition) is 2. The van der Waals surface area contributed by atoms with E-state index in [4.69, 9.17) is 5.73 Å². The van der Waals surface area contributed by atoms with Crippen molar-refractivity contribution in [3.63, 3.8) is 0 Å². The highest BCUT2D eigenvalue weighted by molar-refractivity contribution is 5.60. The van der Waals surface area contributed by atoms with E-state index in [9.17, 15) is 0 Å². The third-order valence-corrected chi connectivity index (χ3v) is 4.88. The fourth-order valence-electron chi connectivity index (χ4n) is 3.88. The van der Waals surface area contributed by atoms with E-state index in [0.717, 1.165) is 19.0 Å². The summed E-state index contributed by atoms with van der Waals surface area (Å²) in [7, 11) is 0. The van der Waals surface area contributed by atoms with Gasteiger partial charge in [0.25, 0.3) is 0 Å². The largest absolute Gasteiger partial charge is 0.368 e. The Morgan fingerprint density at radius 3 is 2.68 bits per heavy atom. The third kappa shape index (κ3) is 2.64. The van der Waals surface area contributed by atoms with Crippen molar-refractivity contribution in [3.8, 4) is 0 Å². The normalized spacial score (nSPS) is 23.6. The molecule has 1 aromatic rings. The Morgan fingerprint density at radius 1 is 1.11 bits per heavy atom. The van der Waals surface area contributed by atoms with Crippen LogP contribution in [0.3, 0.4) is 0 Å². The van der Waals surface area contributed by atoms with Gasteiger partial charge in [0.05, 0.1) is 0 Å². The molecule has 1 aliphatic carbocycles. The zero-order valence-corrected chi connectivity index (χ0v) is 11.9. The Morgan fingerprint density at radius 2 is 1.89 bits per heavy atom. The molecule has 2 N–H and O–H groups in total. The molecule has 19 heavy (non-hydrogen) atoms. The summed E-state index contributed by atoms with van der Waals surface area (Å²) in [5.74, 6) is 0.710. The van der Waals surface area contributed by atoms with E-state index in [1.54, 1.807) is 5.56 Å². The van der Waals surface area contributed by atoms with Gasteiger partial charge in [0.1, 0.15) is 0 Å². The molecular weight excluding hydrogens is 232 g/mol. The van der Waals surface area contributed by atoms with Crippen LogP contribution >= 0.6 is 0 Å². The number of para-hydroxylation sites is 1. The van der Waals surface area contributed by atoms with Gasteiger partial charge in [0, 0.05) is 24.2 Å². The summed E-state index contributed by atoms with van der Waals surface area (Å²) in [6, 6.07) is 9.84. The summed E-state index contributed by atoms with van der Waals surface area (Å²) >= 11 is 0. The maximum atomic E-state index is 5.69. The first-order valence-electron chi connectivity index (χ1n) is 7.96. The second-order valence-corrected chi connectivity index (χ2v) is 6.13. The average molecular weight is 258 g/mol. The van der Waals surface area contributed by atoms with Gasteiger partial charge in [0.15, 0.2) is 0 Å². The monoisotopic (exact) mass is 258 g/mol. The Balaban J connectivity index is 1.79. The molecule has 0 aromatic heterocycles. The summed E-state index contributed by atoms with van der Waals surface area (Å²) in [5, 5.41) is 0. The lowest BCUT2D eigenvalue weighted by molar-refractivity contribution is 0.413. The maximum absolute atomic E-state index is 5.69. The molecule has 1 saturated carbocycles. The summed E-state index contributed by atoms with van der Waals surface area (Å²) in [4.78, 5) is 2.70. The first-order chi connectivity index (χ1) is 9.40. The molecule has 1 fully saturated rings. The molecule has 2 heteroatoms. The predicted molar refractivity (Wildman–Crippen MR) is 81.7 cm³/mol. The van der Waals surface area contributed by atoms with E-state index < -0.39 is 0 Å². The number of anilines is 1. The quantitative estimate of drug-likeness (QED) is 0.893. The van der Waals surface area contributed by atoms with Crippen LogP contribution in [0.4, 0.5) is 5.69 Å². The minimum Gasteiger partial charge on any atom is -0.368 e. The molecule has 0 amide bonds. The number of benzene rings is 1. The Bertz CT molecular complexity index is 409. The van der Waals surface area contributed by atoms with E-state index in [0.29, 0.717) is 5.92 Å².